The van der Waals surface area contributed by atoms with Gasteiger partial charge in [-0.3, -0.25) is 9.69 Å². The Labute approximate surface area is 143 Å². The molecule has 2 saturated heterocycles. The maximum atomic E-state index is 12.1. The number of rotatable bonds is 5. The molecule has 24 heavy (non-hydrogen) atoms. The third-order valence-corrected chi connectivity index (χ3v) is 5.38. The predicted octanol–water partition coefficient (Wildman–Crippen LogP) is 2.84. The molecule has 5 heteroatoms. The van der Waals surface area contributed by atoms with E-state index in [0.29, 0.717) is 18.7 Å². The molecule has 2 N–H and O–H groups in total. The molecular formula is C19H27N3O2. The third kappa shape index (κ3) is 3.57. The highest BCUT2D eigenvalue weighted by Gasteiger charge is 2.38. The monoisotopic (exact) mass is 329 g/mol. The lowest BCUT2D eigenvalue weighted by atomic mass is 10.1. The summed E-state index contributed by atoms with van der Waals surface area (Å²) >= 11 is 0. The van der Waals surface area contributed by atoms with Crippen molar-refractivity contribution < 1.29 is 9.53 Å². The van der Waals surface area contributed by atoms with Crippen LogP contribution in [0.3, 0.4) is 0 Å². The molecule has 0 spiro atoms. The van der Waals surface area contributed by atoms with E-state index >= 15 is 0 Å². The zero-order valence-corrected chi connectivity index (χ0v) is 14.3. The zero-order chi connectivity index (χ0) is 16.5. The molecule has 1 amide bonds. The van der Waals surface area contributed by atoms with Crippen LogP contribution in [0.15, 0.2) is 24.3 Å². The molecule has 1 aromatic carbocycles. The van der Waals surface area contributed by atoms with Crippen LogP contribution in [-0.2, 0) is 9.53 Å². The van der Waals surface area contributed by atoms with E-state index in [9.17, 15) is 4.79 Å². The second-order valence-electron chi connectivity index (χ2n) is 7.42. The molecule has 0 radical (unpaired) electrons. The summed E-state index contributed by atoms with van der Waals surface area (Å²) in [7, 11) is 0. The number of hydrogen-bond donors (Lipinski definition) is 2. The molecule has 3 aliphatic rings. The van der Waals surface area contributed by atoms with E-state index < -0.39 is 0 Å². The average Bonchev–Trinajstić information content (AvgIpc) is 3.12. The Balaban J connectivity index is 1.30. The molecule has 0 aromatic heterocycles. The second kappa shape index (κ2) is 6.73. The summed E-state index contributed by atoms with van der Waals surface area (Å²) in [5, 5.41) is 6.58. The number of carbonyl (C=O) groups excluding carboxylic acids is 1. The van der Waals surface area contributed by atoms with E-state index in [1.807, 2.05) is 12.1 Å². The van der Waals surface area contributed by atoms with Crippen molar-refractivity contribution in [2.75, 3.05) is 23.8 Å². The van der Waals surface area contributed by atoms with Gasteiger partial charge in [-0.15, -0.1) is 0 Å². The van der Waals surface area contributed by atoms with Gasteiger partial charge in [-0.1, -0.05) is 0 Å². The van der Waals surface area contributed by atoms with E-state index in [4.69, 9.17) is 4.74 Å². The molecule has 1 saturated carbocycles. The Kier molecular flexibility index (Phi) is 4.46. The smallest absolute Gasteiger partial charge is 0.253 e. The Bertz CT molecular complexity index is 579. The average molecular weight is 329 g/mol. The van der Waals surface area contributed by atoms with Crippen molar-refractivity contribution in [3.63, 3.8) is 0 Å². The van der Waals surface area contributed by atoms with Gasteiger partial charge >= 0.3 is 0 Å². The summed E-state index contributed by atoms with van der Waals surface area (Å²) < 4.78 is 5.41. The first-order valence-corrected chi connectivity index (χ1v) is 9.24. The molecule has 4 rings (SSSR count). The molecule has 1 aliphatic carbocycles. The van der Waals surface area contributed by atoms with Crippen molar-refractivity contribution in [1.82, 2.24) is 4.90 Å². The van der Waals surface area contributed by atoms with Gasteiger partial charge in [-0.05, 0) is 63.3 Å². The van der Waals surface area contributed by atoms with Gasteiger partial charge in [0.1, 0.15) is 6.10 Å². The van der Waals surface area contributed by atoms with Crippen LogP contribution in [0.2, 0.25) is 0 Å². The van der Waals surface area contributed by atoms with Crippen LogP contribution in [0, 0.1) is 0 Å². The minimum atomic E-state index is -0.281. The van der Waals surface area contributed by atoms with Crippen molar-refractivity contribution in [3.05, 3.63) is 24.3 Å². The lowest BCUT2D eigenvalue weighted by Crippen LogP contribution is -2.31. The molecule has 2 aliphatic heterocycles. The Hall–Kier alpha value is -1.59. The summed E-state index contributed by atoms with van der Waals surface area (Å²) in [4.78, 5) is 14.7. The fraction of sp³-hybridized carbons (Fsp3) is 0.632. The highest BCUT2D eigenvalue weighted by atomic mass is 16.5. The maximum Gasteiger partial charge on any atom is 0.253 e. The lowest BCUT2D eigenvalue weighted by Gasteiger charge is -2.20. The van der Waals surface area contributed by atoms with Crippen LogP contribution < -0.4 is 10.6 Å². The normalized spacial score (nSPS) is 30.5. The summed E-state index contributed by atoms with van der Waals surface area (Å²) in [5.74, 6) is -0.0297. The van der Waals surface area contributed by atoms with Gasteiger partial charge in [0, 0.05) is 42.7 Å². The van der Waals surface area contributed by atoms with Crippen LogP contribution >= 0.6 is 0 Å². The lowest BCUT2D eigenvalue weighted by molar-refractivity contribution is -0.124. The Morgan fingerprint density at radius 2 is 1.92 bits per heavy atom. The van der Waals surface area contributed by atoms with Gasteiger partial charge < -0.3 is 15.4 Å². The van der Waals surface area contributed by atoms with Gasteiger partial charge in [0.15, 0.2) is 0 Å². The highest BCUT2D eigenvalue weighted by molar-refractivity contribution is 5.94. The summed E-state index contributed by atoms with van der Waals surface area (Å²) in [6.45, 7) is 4.17. The van der Waals surface area contributed by atoms with Gasteiger partial charge in [0.2, 0.25) is 0 Å². The number of anilines is 2. The Morgan fingerprint density at radius 3 is 2.58 bits per heavy atom. The molecule has 1 aromatic rings. The largest absolute Gasteiger partial charge is 0.381 e. The minimum absolute atomic E-state index is 0.0297. The fourth-order valence-corrected chi connectivity index (χ4v) is 3.97. The van der Waals surface area contributed by atoms with Crippen molar-refractivity contribution >= 4 is 17.3 Å². The molecule has 3 atom stereocenters. The van der Waals surface area contributed by atoms with Crippen LogP contribution in [0.25, 0.3) is 0 Å². The van der Waals surface area contributed by atoms with Gasteiger partial charge in [0.25, 0.3) is 5.91 Å². The van der Waals surface area contributed by atoms with E-state index in [0.717, 1.165) is 36.8 Å². The number of likely N-dealkylation sites (tertiary alicyclic amines) is 1. The van der Waals surface area contributed by atoms with Crippen molar-refractivity contribution in [2.45, 2.75) is 63.3 Å². The number of ether oxygens (including phenoxy) is 1. The number of benzene rings is 1. The van der Waals surface area contributed by atoms with E-state index in [2.05, 4.69) is 34.6 Å². The highest BCUT2D eigenvalue weighted by Crippen LogP contribution is 2.34. The molecular weight excluding hydrogens is 302 g/mol. The number of hydrogen-bond acceptors (Lipinski definition) is 4. The van der Waals surface area contributed by atoms with E-state index in [1.165, 1.54) is 19.3 Å². The molecule has 3 fully saturated rings. The van der Waals surface area contributed by atoms with Crippen LogP contribution in [-0.4, -0.2) is 48.2 Å². The van der Waals surface area contributed by atoms with E-state index in [1.54, 1.807) is 0 Å². The molecule has 0 unspecified atom stereocenters. The van der Waals surface area contributed by atoms with Crippen molar-refractivity contribution in [3.8, 4) is 0 Å². The first-order valence-electron chi connectivity index (χ1n) is 9.24. The van der Waals surface area contributed by atoms with E-state index in [-0.39, 0.29) is 12.0 Å². The Morgan fingerprint density at radius 1 is 1.17 bits per heavy atom. The van der Waals surface area contributed by atoms with Crippen molar-refractivity contribution in [1.29, 1.82) is 0 Å². The number of nitrogens with zero attached hydrogens (tertiary/aromatic N) is 1. The van der Waals surface area contributed by atoms with Crippen LogP contribution in [0.1, 0.15) is 39.0 Å². The standard InChI is InChI=1S/C19H27N3O2/c1-13-11-16(12-22(13)17-8-9-17)20-14-4-6-15(7-5-14)21-19(23)18-3-2-10-24-18/h4-7,13,16-18,20H,2-3,8-12H2,1H3,(H,21,23)/t13-,16+,18+/m1/s1. The molecule has 5 nitrogen and oxygen atoms in total. The van der Waals surface area contributed by atoms with Gasteiger partial charge in [-0.2, -0.15) is 0 Å². The SMILES string of the molecule is C[C@@H]1C[C@H](Nc2ccc(NC(=O)[C@@H]3CCCO3)cc2)CN1C1CC1. The molecule has 0 bridgehead atoms. The maximum absolute atomic E-state index is 12.1. The summed E-state index contributed by atoms with van der Waals surface area (Å²) in [6.07, 6.45) is 5.46. The van der Waals surface area contributed by atoms with Gasteiger partial charge in [-0.25, -0.2) is 0 Å². The van der Waals surface area contributed by atoms with Crippen molar-refractivity contribution in [2.24, 2.45) is 0 Å². The fourth-order valence-electron chi connectivity index (χ4n) is 3.97. The number of carbonyl (C=O) groups is 1. The molecule has 130 valence electrons. The zero-order valence-electron chi connectivity index (χ0n) is 14.3. The van der Waals surface area contributed by atoms with Crippen LogP contribution in [0.5, 0.6) is 0 Å². The third-order valence-electron chi connectivity index (χ3n) is 5.38. The summed E-state index contributed by atoms with van der Waals surface area (Å²) in [6, 6.07) is 10.1. The number of nitrogens with one attached hydrogen (secondary N) is 2. The predicted molar refractivity (Wildman–Crippen MR) is 95.3 cm³/mol. The molecule has 2 heterocycles. The summed E-state index contributed by atoms with van der Waals surface area (Å²) in [5.41, 5.74) is 1.96. The quantitative estimate of drug-likeness (QED) is 0.872. The topological polar surface area (TPSA) is 53.6 Å². The minimum Gasteiger partial charge on any atom is -0.381 e. The number of amides is 1. The first kappa shape index (κ1) is 15.9. The first-order chi connectivity index (χ1) is 11.7. The van der Waals surface area contributed by atoms with Gasteiger partial charge in [0.05, 0.1) is 0 Å². The second-order valence-corrected chi connectivity index (χ2v) is 7.42. The van der Waals surface area contributed by atoms with Crippen LogP contribution in [0.4, 0.5) is 11.4 Å².